The van der Waals surface area contributed by atoms with Crippen molar-refractivity contribution in [3.63, 3.8) is 0 Å². The molecule has 1 fully saturated rings. The summed E-state index contributed by atoms with van der Waals surface area (Å²) in [6, 6.07) is 6.62. The SMILES string of the molecule is NC(=O)NC(=O)CCN1CCC(CCc2ccc(O)cc2)CC1. The summed E-state index contributed by atoms with van der Waals surface area (Å²) in [6.07, 6.45) is 4.76. The topological polar surface area (TPSA) is 95.7 Å². The van der Waals surface area contributed by atoms with Gasteiger partial charge in [0.1, 0.15) is 5.75 Å². The summed E-state index contributed by atoms with van der Waals surface area (Å²) in [6.45, 7) is 2.65. The number of nitrogens with one attached hydrogen (secondary N) is 1. The maximum absolute atomic E-state index is 11.4. The van der Waals surface area contributed by atoms with Crippen molar-refractivity contribution in [1.29, 1.82) is 0 Å². The Morgan fingerprint density at radius 3 is 2.48 bits per heavy atom. The largest absolute Gasteiger partial charge is 0.508 e. The van der Waals surface area contributed by atoms with E-state index in [1.165, 1.54) is 5.56 Å². The number of hydrogen-bond acceptors (Lipinski definition) is 4. The minimum Gasteiger partial charge on any atom is -0.508 e. The van der Waals surface area contributed by atoms with Gasteiger partial charge in [-0.1, -0.05) is 12.1 Å². The molecule has 1 aliphatic heterocycles. The van der Waals surface area contributed by atoms with E-state index in [4.69, 9.17) is 5.73 Å². The first-order valence-corrected chi connectivity index (χ1v) is 8.12. The van der Waals surface area contributed by atoms with E-state index in [1.807, 2.05) is 12.1 Å². The van der Waals surface area contributed by atoms with Crippen LogP contribution in [-0.4, -0.2) is 41.6 Å². The number of carbonyl (C=O) groups is 2. The summed E-state index contributed by atoms with van der Waals surface area (Å²) in [4.78, 5) is 24.2. The van der Waals surface area contributed by atoms with Gasteiger partial charge < -0.3 is 15.7 Å². The predicted octanol–water partition coefficient (Wildman–Crippen LogP) is 1.62. The van der Waals surface area contributed by atoms with E-state index in [0.717, 1.165) is 38.8 Å². The summed E-state index contributed by atoms with van der Waals surface area (Å²) in [5.74, 6) is 0.703. The number of nitrogens with two attached hydrogens (primary N) is 1. The van der Waals surface area contributed by atoms with Gasteiger partial charge in [-0.3, -0.25) is 10.1 Å². The van der Waals surface area contributed by atoms with Crippen LogP contribution < -0.4 is 11.1 Å². The highest BCUT2D eigenvalue weighted by atomic mass is 16.3. The molecule has 0 aliphatic carbocycles. The molecule has 3 amide bonds. The molecule has 6 nitrogen and oxygen atoms in total. The summed E-state index contributed by atoms with van der Waals surface area (Å²) < 4.78 is 0. The number of piperidine rings is 1. The number of imide groups is 1. The average Bonchev–Trinajstić information content (AvgIpc) is 2.53. The lowest BCUT2D eigenvalue weighted by molar-refractivity contribution is -0.120. The number of amides is 3. The number of aromatic hydroxyl groups is 1. The van der Waals surface area contributed by atoms with Crippen LogP contribution in [0.4, 0.5) is 4.79 Å². The molecule has 0 radical (unpaired) electrons. The Morgan fingerprint density at radius 2 is 1.87 bits per heavy atom. The van der Waals surface area contributed by atoms with Gasteiger partial charge in [-0.15, -0.1) is 0 Å². The molecule has 1 aromatic rings. The number of benzene rings is 1. The summed E-state index contributed by atoms with van der Waals surface area (Å²) in [7, 11) is 0. The van der Waals surface area contributed by atoms with Crippen LogP contribution >= 0.6 is 0 Å². The molecule has 2 rings (SSSR count). The molecule has 0 bridgehead atoms. The first-order valence-electron chi connectivity index (χ1n) is 8.12. The highest BCUT2D eigenvalue weighted by Gasteiger charge is 2.19. The number of phenols is 1. The van der Waals surface area contributed by atoms with Crippen LogP contribution in [0.2, 0.25) is 0 Å². The molecule has 0 aromatic heterocycles. The fraction of sp³-hybridized carbons (Fsp3) is 0.529. The van der Waals surface area contributed by atoms with Crippen LogP contribution in [-0.2, 0) is 11.2 Å². The maximum Gasteiger partial charge on any atom is 0.318 e. The second-order valence-corrected chi connectivity index (χ2v) is 6.15. The van der Waals surface area contributed by atoms with Crippen LogP contribution in [0, 0.1) is 5.92 Å². The van der Waals surface area contributed by atoms with E-state index in [-0.39, 0.29) is 5.91 Å². The molecule has 0 spiro atoms. The molecule has 1 heterocycles. The van der Waals surface area contributed by atoms with Gasteiger partial charge in [-0.05, 0) is 62.4 Å². The molecule has 1 aliphatic rings. The Labute approximate surface area is 136 Å². The third-order valence-electron chi connectivity index (χ3n) is 4.40. The molecule has 1 saturated heterocycles. The maximum atomic E-state index is 11.4. The Bertz CT molecular complexity index is 522. The molecule has 23 heavy (non-hydrogen) atoms. The lowest BCUT2D eigenvalue weighted by Crippen LogP contribution is -2.39. The van der Waals surface area contributed by atoms with Gasteiger partial charge in [-0.25, -0.2) is 4.79 Å². The molecule has 6 heteroatoms. The van der Waals surface area contributed by atoms with Gasteiger partial charge in [0.15, 0.2) is 0 Å². The molecule has 1 aromatic carbocycles. The Morgan fingerprint density at radius 1 is 1.22 bits per heavy atom. The second-order valence-electron chi connectivity index (χ2n) is 6.15. The van der Waals surface area contributed by atoms with Crippen LogP contribution in [0.5, 0.6) is 5.75 Å². The molecule has 0 unspecified atom stereocenters. The zero-order valence-corrected chi connectivity index (χ0v) is 13.3. The number of aryl methyl sites for hydroxylation is 1. The number of phenolic OH excluding ortho intramolecular Hbond substituents is 1. The number of carbonyl (C=O) groups excluding carboxylic acids is 2. The molecular weight excluding hydrogens is 294 g/mol. The van der Waals surface area contributed by atoms with Crippen LogP contribution in [0.15, 0.2) is 24.3 Å². The second kappa shape index (κ2) is 8.53. The predicted molar refractivity (Wildman–Crippen MR) is 87.9 cm³/mol. The Hall–Kier alpha value is -2.08. The van der Waals surface area contributed by atoms with Crippen LogP contribution in [0.3, 0.4) is 0 Å². The smallest absolute Gasteiger partial charge is 0.318 e. The van der Waals surface area contributed by atoms with Crippen molar-refractivity contribution in [1.82, 2.24) is 10.2 Å². The van der Waals surface area contributed by atoms with Crippen molar-refractivity contribution < 1.29 is 14.7 Å². The summed E-state index contributed by atoms with van der Waals surface area (Å²) in [5, 5.41) is 11.4. The van der Waals surface area contributed by atoms with Gasteiger partial charge in [0.2, 0.25) is 5.91 Å². The number of likely N-dealkylation sites (tertiary alicyclic amines) is 1. The highest BCUT2D eigenvalue weighted by molar-refractivity contribution is 5.93. The summed E-state index contributed by atoms with van der Waals surface area (Å²) >= 11 is 0. The van der Waals surface area contributed by atoms with Gasteiger partial charge in [0.05, 0.1) is 0 Å². The Kier molecular flexibility index (Phi) is 6.40. The molecule has 4 N–H and O–H groups in total. The lowest BCUT2D eigenvalue weighted by Gasteiger charge is -2.31. The van der Waals surface area contributed by atoms with Crippen molar-refractivity contribution in [2.45, 2.75) is 32.1 Å². The van der Waals surface area contributed by atoms with E-state index in [2.05, 4.69) is 10.2 Å². The molecule has 0 atom stereocenters. The van der Waals surface area contributed by atoms with E-state index in [0.29, 0.717) is 24.6 Å². The number of hydrogen-bond donors (Lipinski definition) is 3. The quantitative estimate of drug-likeness (QED) is 0.742. The van der Waals surface area contributed by atoms with Crippen molar-refractivity contribution >= 4 is 11.9 Å². The van der Waals surface area contributed by atoms with E-state index < -0.39 is 6.03 Å². The number of urea groups is 1. The zero-order valence-electron chi connectivity index (χ0n) is 13.3. The van der Waals surface area contributed by atoms with Crippen molar-refractivity contribution in [2.24, 2.45) is 11.7 Å². The lowest BCUT2D eigenvalue weighted by atomic mass is 9.90. The van der Waals surface area contributed by atoms with E-state index in [1.54, 1.807) is 12.1 Å². The zero-order chi connectivity index (χ0) is 16.7. The summed E-state index contributed by atoms with van der Waals surface area (Å²) in [5.41, 5.74) is 6.17. The van der Waals surface area contributed by atoms with Crippen LogP contribution in [0.1, 0.15) is 31.2 Å². The first-order chi connectivity index (χ1) is 11.0. The minimum absolute atomic E-state index is 0.307. The van der Waals surface area contributed by atoms with Gasteiger partial charge in [0, 0.05) is 13.0 Å². The van der Waals surface area contributed by atoms with Crippen molar-refractivity contribution in [3.05, 3.63) is 29.8 Å². The van der Waals surface area contributed by atoms with E-state index >= 15 is 0 Å². The molecule has 0 saturated carbocycles. The van der Waals surface area contributed by atoms with Crippen molar-refractivity contribution in [2.75, 3.05) is 19.6 Å². The van der Waals surface area contributed by atoms with Crippen molar-refractivity contribution in [3.8, 4) is 5.75 Å². The van der Waals surface area contributed by atoms with E-state index in [9.17, 15) is 14.7 Å². The monoisotopic (exact) mass is 319 g/mol. The number of rotatable bonds is 6. The standard InChI is InChI=1S/C17H25N3O3/c18-17(23)19-16(22)9-12-20-10-7-14(8-11-20)2-1-13-3-5-15(21)6-4-13/h3-6,14,21H,1-2,7-12H2,(H3,18,19,22,23). The minimum atomic E-state index is -0.789. The average molecular weight is 319 g/mol. The molecule has 126 valence electrons. The molecular formula is C17H25N3O3. The normalized spacial score (nSPS) is 16.2. The fourth-order valence-corrected chi connectivity index (χ4v) is 2.99. The van der Waals surface area contributed by atoms with Gasteiger partial charge in [-0.2, -0.15) is 0 Å². The third-order valence-corrected chi connectivity index (χ3v) is 4.40. The Balaban J connectivity index is 1.63. The third kappa shape index (κ3) is 6.28. The van der Waals surface area contributed by atoms with Gasteiger partial charge in [0.25, 0.3) is 0 Å². The first kappa shape index (κ1) is 17.3. The van der Waals surface area contributed by atoms with Gasteiger partial charge >= 0.3 is 6.03 Å². The fourth-order valence-electron chi connectivity index (χ4n) is 2.99. The number of primary amides is 1. The number of nitrogens with zero attached hydrogens (tertiary/aromatic N) is 1. The van der Waals surface area contributed by atoms with Crippen LogP contribution in [0.25, 0.3) is 0 Å². The highest BCUT2D eigenvalue weighted by Crippen LogP contribution is 2.23.